The third kappa shape index (κ3) is 9.90. The van der Waals surface area contributed by atoms with Gasteiger partial charge in [-0.15, -0.1) is 11.3 Å². The van der Waals surface area contributed by atoms with Gasteiger partial charge in [0.25, 0.3) is 0 Å². The van der Waals surface area contributed by atoms with E-state index in [0.717, 1.165) is 32.4 Å². The predicted octanol–water partition coefficient (Wildman–Crippen LogP) is 6.15. The van der Waals surface area contributed by atoms with Crippen LogP contribution in [0, 0.1) is 12.8 Å². The Hall–Kier alpha value is -3.70. The van der Waals surface area contributed by atoms with E-state index in [-0.39, 0.29) is 47.1 Å². The van der Waals surface area contributed by atoms with Gasteiger partial charge in [-0.3, -0.25) is 18.8 Å². The number of likely N-dealkylation sites (N-methyl/N-ethyl adjacent to an activating group) is 1. The van der Waals surface area contributed by atoms with Gasteiger partial charge in [0, 0.05) is 48.6 Å². The lowest BCUT2D eigenvalue weighted by Gasteiger charge is -2.27. The van der Waals surface area contributed by atoms with Crippen LogP contribution in [0.3, 0.4) is 0 Å². The fraction of sp³-hybridized carbons (Fsp3) is 0.361. The van der Waals surface area contributed by atoms with Crippen molar-refractivity contribution in [3.8, 4) is 0 Å². The Bertz CT molecular complexity index is 1720. The van der Waals surface area contributed by atoms with E-state index in [9.17, 15) is 23.1 Å². The van der Waals surface area contributed by atoms with Gasteiger partial charge in [-0.1, -0.05) is 67.6 Å². The molecule has 1 N–H and O–H groups in total. The number of aromatic nitrogens is 1. The number of anilines is 1. The van der Waals surface area contributed by atoms with Crippen LogP contribution in [-0.4, -0.2) is 68.0 Å². The second-order valence-electron chi connectivity index (χ2n) is 12.2. The number of Topliss-reactive ketones (excluding diaryl/α,β-unsaturated/α-hetero) is 2. The molecule has 8 nitrogen and oxygen atoms in total. The molecule has 0 saturated heterocycles. The molecule has 4 aromatic rings. The fourth-order valence-corrected chi connectivity index (χ4v) is 6.80. The smallest absolute Gasteiger partial charge is 0.231 e. The Labute approximate surface area is 276 Å². The first-order valence-electron chi connectivity index (χ1n) is 15.3. The van der Waals surface area contributed by atoms with Gasteiger partial charge in [-0.2, -0.15) is 0 Å². The molecular weight excluding hydrogens is 619 g/mol. The molecule has 0 aliphatic rings. The van der Waals surface area contributed by atoms with Crippen molar-refractivity contribution in [1.82, 2.24) is 9.88 Å². The fourth-order valence-electron chi connectivity index (χ4n) is 5.46. The average Bonchev–Trinajstić information content (AvgIpc) is 3.44. The quantitative estimate of drug-likeness (QED) is 0.144. The Morgan fingerprint density at radius 3 is 2.07 bits per heavy atom. The number of aliphatic hydroxyl groups excluding tert-OH is 1. The van der Waals surface area contributed by atoms with Gasteiger partial charge in [-0.25, -0.2) is 13.4 Å². The largest absolute Gasteiger partial charge is 0.391 e. The van der Waals surface area contributed by atoms with Crippen LogP contribution in [0.2, 0.25) is 0 Å². The molecule has 0 bridgehead atoms. The van der Waals surface area contributed by atoms with E-state index in [0.29, 0.717) is 19.5 Å². The minimum Gasteiger partial charge on any atom is -0.391 e. The highest BCUT2D eigenvalue weighted by molar-refractivity contribution is 7.92. The van der Waals surface area contributed by atoms with Crippen molar-refractivity contribution in [3.05, 3.63) is 117 Å². The lowest BCUT2D eigenvalue weighted by molar-refractivity contribution is 0.0597. The molecule has 0 amide bonds. The van der Waals surface area contributed by atoms with Crippen LogP contribution in [0.15, 0.2) is 84.2 Å². The zero-order chi connectivity index (χ0) is 33.4. The zero-order valence-corrected chi connectivity index (χ0v) is 28.7. The van der Waals surface area contributed by atoms with Gasteiger partial charge in [0.2, 0.25) is 10.0 Å². The van der Waals surface area contributed by atoms with Crippen LogP contribution < -0.4 is 4.31 Å². The molecule has 0 aliphatic carbocycles. The van der Waals surface area contributed by atoms with Crippen molar-refractivity contribution in [2.75, 3.05) is 31.2 Å². The molecular formula is C36H43N3O5S2. The minimum absolute atomic E-state index is 0.0142. The molecule has 10 heteroatoms. The Kier molecular flexibility index (Phi) is 12.0. The second kappa shape index (κ2) is 15.7. The topological polar surface area (TPSA) is 108 Å². The number of nitrogens with zero attached hydrogens (tertiary/aromatic N) is 3. The second-order valence-corrected chi connectivity index (χ2v) is 15.1. The number of hydrogen-bond acceptors (Lipinski definition) is 8. The first kappa shape index (κ1) is 35.2. The SMILES string of the molecule is Cc1csc(CN(C)CC(O)C(CC(=O)c2cc(C(=O)CC(C)c3ccccc3)cc(N(C)S(C)(=O)=O)c2)Cc2ccccc2)n1. The van der Waals surface area contributed by atoms with E-state index >= 15 is 0 Å². The lowest BCUT2D eigenvalue weighted by Crippen LogP contribution is -2.36. The molecule has 3 aromatic carbocycles. The van der Waals surface area contributed by atoms with Crippen LogP contribution in [0.4, 0.5) is 5.69 Å². The highest BCUT2D eigenvalue weighted by Crippen LogP contribution is 2.28. The van der Waals surface area contributed by atoms with Crippen LogP contribution in [0.5, 0.6) is 0 Å². The monoisotopic (exact) mass is 661 g/mol. The first-order chi connectivity index (χ1) is 21.8. The summed E-state index contributed by atoms with van der Waals surface area (Å²) < 4.78 is 26.0. The summed E-state index contributed by atoms with van der Waals surface area (Å²) in [5.41, 5.74) is 3.72. The summed E-state index contributed by atoms with van der Waals surface area (Å²) >= 11 is 1.57. The molecule has 4 rings (SSSR count). The molecule has 0 spiro atoms. The maximum atomic E-state index is 14.0. The first-order valence-corrected chi connectivity index (χ1v) is 18.0. The van der Waals surface area contributed by atoms with Crippen molar-refractivity contribution < 1.29 is 23.1 Å². The summed E-state index contributed by atoms with van der Waals surface area (Å²) in [7, 11) is -0.340. The minimum atomic E-state index is -3.66. The molecule has 46 heavy (non-hydrogen) atoms. The van der Waals surface area contributed by atoms with E-state index in [4.69, 9.17) is 0 Å². The number of carbonyl (C=O) groups is 2. The van der Waals surface area contributed by atoms with E-state index in [1.54, 1.807) is 17.4 Å². The Balaban J connectivity index is 1.60. The normalized spacial score (nSPS) is 13.7. The molecule has 1 aromatic heterocycles. The van der Waals surface area contributed by atoms with E-state index in [1.165, 1.54) is 19.2 Å². The number of sulfonamides is 1. The molecule has 0 fully saturated rings. The highest BCUT2D eigenvalue weighted by Gasteiger charge is 2.27. The predicted molar refractivity (Wildman–Crippen MR) is 185 cm³/mol. The van der Waals surface area contributed by atoms with Gasteiger partial charge in [0.1, 0.15) is 5.01 Å². The average molecular weight is 662 g/mol. The van der Waals surface area contributed by atoms with Crippen LogP contribution in [0.1, 0.15) is 68.2 Å². The number of rotatable bonds is 16. The van der Waals surface area contributed by atoms with E-state index in [1.807, 2.05) is 91.8 Å². The molecule has 244 valence electrons. The summed E-state index contributed by atoms with van der Waals surface area (Å²) in [6, 6.07) is 24.0. The number of hydrogen-bond donors (Lipinski definition) is 1. The summed E-state index contributed by atoms with van der Waals surface area (Å²) in [5, 5.41) is 14.4. The van der Waals surface area contributed by atoms with Gasteiger partial charge >= 0.3 is 0 Å². The third-order valence-electron chi connectivity index (χ3n) is 8.19. The lowest BCUT2D eigenvalue weighted by atomic mass is 9.86. The molecule has 3 atom stereocenters. The maximum Gasteiger partial charge on any atom is 0.231 e. The number of thiazole rings is 1. The molecule has 0 aliphatic heterocycles. The van der Waals surface area contributed by atoms with E-state index in [2.05, 4.69) is 4.98 Å². The summed E-state index contributed by atoms with van der Waals surface area (Å²) in [4.78, 5) is 34.0. The standard InChI is InChI=1S/C36H43N3O5S2/c1-25(28-14-10-7-11-15-28)16-33(40)30-18-31(20-32(19-30)39(4)46(5,43)44)34(41)21-29(17-27-12-8-6-9-13-27)35(42)22-38(3)23-36-37-26(2)24-45-36/h6-15,18-20,24-25,29,35,42H,16-17,21-23H2,1-5H3. The zero-order valence-electron chi connectivity index (χ0n) is 27.1. The molecule has 1 heterocycles. The van der Waals surface area contributed by atoms with E-state index < -0.39 is 22.0 Å². The number of benzene rings is 3. The van der Waals surface area contributed by atoms with Gasteiger partial charge in [-0.05, 0) is 61.6 Å². The number of aliphatic hydroxyl groups is 1. The van der Waals surface area contributed by atoms with Gasteiger partial charge in [0.15, 0.2) is 11.6 Å². The molecule has 3 unspecified atom stereocenters. The maximum absolute atomic E-state index is 14.0. The summed E-state index contributed by atoms with van der Waals surface area (Å²) in [5.74, 6) is -0.954. The van der Waals surface area contributed by atoms with Gasteiger partial charge < -0.3 is 5.11 Å². The van der Waals surface area contributed by atoms with Crippen LogP contribution >= 0.6 is 11.3 Å². The molecule has 0 radical (unpaired) electrons. The number of aryl methyl sites for hydroxylation is 1. The van der Waals surface area contributed by atoms with Crippen molar-refractivity contribution in [1.29, 1.82) is 0 Å². The molecule has 0 saturated carbocycles. The van der Waals surface area contributed by atoms with Crippen LogP contribution in [0.25, 0.3) is 0 Å². The third-order valence-corrected chi connectivity index (χ3v) is 10.3. The number of carbonyl (C=O) groups excluding carboxylic acids is 2. The Morgan fingerprint density at radius 2 is 1.50 bits per heavy atom. The summed E-state index contributed by atoms with van der Waals surface area (Å²) in [6.45, 7) is 4.83. The van der Waals surface area contributed by atoms with Gasteiger partial charge in [0.05, 0.1) is 24.6 Å². The summed E-state index contributed by atoms with van der Waals surface area (Å²) in [6.07, 6.45) is 0.937. The van der Waals surface area contributed by atoms with Crippen molar-refractivity contribution in [3.63, 3.8) is 0 Å². The highest BCUT2D eigenvalue weighted by atomic mass is 32.2. The Morgan fingerprint density at radius 1 is 0.913 bits per heavy atom. The van der Waals surface area contributed by atoms with Crippen molar-refractivity contribution in [2.24, 2.45) is 5.92 Å². The number of ketones is 2. The van der Waals surface area contributed by atoms with Crippen LogP contribution in [-0.2, 0) is 23.0 Å². The van der Waals surface area contributed by atoms with Crippen molar-refractivity contribution in [2.45, 2.75) is 51.7 Å². The van der Waals surface area contributed by atoms with Crippen molar-refractivity contribution >= 4 is 38.6 Å².